The van der Waals surface area contributed by atoms with Crippen LogP contribution in [0.15, 0.2) is 14.4 Å². The summed E-state index contributed by atoms with van der Waals surface area (Å²) in [5.74, 6) is -3.15. The molecule has 0 aliphatic carbocycles. The summed E-state index contributed by atoms with van der Waals surface area (Å²) in [6, 6.07) is 0. The van der Waals surface area contributed by atoms with E-state index in [4.69, 9.17) is 15.4 Å². The molecule has 18 heavy (non-hydrogen) atoms. The molecule has 0 fully saturated rings. The SMILES string of the molecule is O=C(O)Cn1c(=O)n(O)c(=O)n(CC(=O)O)c1=O. The molecule has 1 aromatic rings. The number of carboxylic acid groups (broad SMARTS) is 2. The van der Waals surface area contributed by atoms with Crippen molar-refractivity contribution in [3.8, 4) is 0 Å². The second-order valence-electron chi connectivity index (χ2n) is 3.12. The van der Waals surface area contributed by atoms with Gasteiger partial charge in [0.1, 0.15) is 13.1 Å². The van der Waals surface area contributed by atoms with Crippen LogP contribution < -0.4 is 17.1 Å². The highest BCUT2D eigenvalue weighted by Crippen LogP contribution is 1.75. The minimum absolute atomic E-state index is 0.0205. The van der Waals surface area contributed by atoms with Crippen LogP contribution in [-0.2, 0) is 22.7 Å². The quantitative estimate of drug-likeness (QED) is 0.472. The molecular formula is C7H7N3O8. The second-order valence-corrected chi connectivity index (χ2v) is 3.12. The number of carboxylic acids is 2. The van der Waals surface area contributed by atoms with Gasteiger partial charge in [0.2, 0.25) is 0 Å². The Morgan fingerprint density at radius 3 is 1.44 bits per heavy atom. The lowest BCUT2D eigenvalue weighted by molar-refractivity contribution is -0.138. The van der Waals surface area contributed by atoms with Crippen molar-refractivity contribution in [1.29, 1.82) is 0 Å². The van der Waals surface area contributed by atoms with Gasteiger partial charge < -0.3 is 15.4 Å². The van der Waals surface area contributed by atoms with Crippen LogP contribution in [0.3, 0.4) is 0 Å². The summed E-state index contributed by atoms with van der Waals surface area (Å²) in [6.07, 6.45) is 0. The lowest BCUT2D eigenvalue weighted by Gasteiger charge is -2.07. The number of carbonyl (C=O) groups is 2. The zero-order valence-electron chi connectivity index (χ0n) is 8.64. The average molecular weight is 261 g/mol. The van der Waals surface area contributed by atoms with E-state index in [0.717, 1.165) is 0 Å². The molecule has 11 heteroatoms. The largest absolute Gasteiger partial charge is 0.480 e. The van der Waals surface area contributed by atoms with Gasteiger partial charge in [-0.25, -0.2) is 23.5 Å². The van der Waals surface area contributed by atoms with Crippen LogP contribution in [0.1, 0.15) is 0 Å². The Hall–Kier alpha value is -2.85. The average Bonchev–Trinajstić information content (AvgIpc) is 2.27. The Morgan fingerprint density at radius 1 is 0.833 bits per heavy atom. The molecule has 0 saturated carbocycles. The fraction of sp³-hybridized carbons (Fsp3) is 0.286. The van der Waals surface area contributed by atoms with Crippen LogP contribution in [0.5, 0.6) is 0 Å². The molecule has 0 aromatic carbocycles. The van der Waals surface area contributed by atoms with Gasteiger partial charge in [0.15, 0.2) is 0 Å². The van der Waals surface area contributed by atoms with E-state index in [2.05, 4.69) is 0 Å². The summed E-state index contributed by atoms with van der Waals surface area (Å²) in [7, 11) is 0. The zero-order chi connectivity index (χ0) is 14.0. The van der Waals surface area contributed by atoms with Crippen molar-refractivity contribution in [1.82, 2.24) is 13.9 Å². The minimum Gasteiger partial charge on any atom is -0.480 e. The lowest BCUT2D eigenvalue weighted by Crippen LogP contribution is -2.55. The van der Waals surface area contributed by atoms with Gasteiger partial charge >= 0.3 is 29.0 Å². The van der Waals surface area contributed by atoms with Crippen molar-refractivity contribution in [2.75, 3.05) is 0 Å². The number of rotatable bonds is 4. The molecule has 0 saturated heterocycles. The number of aromatic nitrogens is 3. The Bertz CT molecular complexity index is 623. The van der Waals surface area contributed by atoms with Crippen molar-refractivity contribution in [2.45, 2.75) is 13.1 Å². The predicted molar refractivity (Wildman–Crippen MR) is 51.7 cm³/mol. The van der Waals surface area contributed by atoms with Gasteiger partial charge in [-0.05, 0) is 0 Å². The molecule has 1 aromatic heterocycles. The van der Waals surface area contributed by atoms with Crippen molar-refractivity contribution in [3.63, 3.8) is 0 Å². The van der Waals surface area contributed by atoms with Gasteiger partial charge in [0.25, 0.3) is 0 Å². The van der Waals surface area contributed by atoms with E-state index in [1.165, 1.54) is 0 Å². The monoisotopic (exact) mass is 261 g/mol. The smallest absolute Gasteiger partial charge is 0.370 e. The standard InChI is InChI=1S/C7H7N3O8/c11-3(12)1-8-5(15)9(2-4(13)14)7(17)10(18)6(8)16/h18H,1-2H2,(H,11,12)(H,13,14). The summed E-state index contributed by atoms with van der Waals surface area (Å²) in [5, 5.41) is 26.0. The zero-order valence-corrected chi connectivity index (χ0v) is 8.64. The van der Waals surface area contributed by atoms with Gasteiger partial charge in [0.05, 0.1) is 0 Å². The molecule has 0 unspecified atom stereocenters. The molecule has 3 N–H and O–H groups in total. The lowest BCUT2D eigenvalue weighted by atomic mass is 10.6. The van der Waals surface area contributed by atoms with E-state index in [0.29, 0.717) is 0 Å². The summed E-state index contributed by atoms with van der Waals surface area (Å²) in [6.45, 7) is -2.23. The van der Waals surface area contributed by atoms with Crippen LogP contribution in [0.2, 0.25) is 0 Å². The Morgan fingerprint density at radius 2 is 1.17 bits per heavy atom. The predicted octanol–water partition coefficient (Wildman–Crippen LogP) is -3.42. The van der Waals surface area contributed by atoms with Gasteiger partial charge in [-0.15, -0.1) is 0 Å². The molecule has 0 amide bonds. The van der Waals surface area contributed by atoms with Crippen LogP contribution in [0.25, 0.3) is 0 Å². The third-order valence-electron chi connectivity index (χ3n) is 1.87. The highest BCUT2D eigenvalue weighted by molar-refractivity contribution is 5.67. The molecule has 0 atom stereocenters. The molecule has 0 aliphatic rings. The highest BCUT2D eigenvalue weighted by Gasteiger charge is 2.18. The number of hydrogen-bond acceptors (Lipinski definition) is 6. The second kappa shape index (κ2) is 4.57. The Balaban J connectivity index is 3.65. The normalized spacial score (nSPS) is 10.2. The third-order valence-corrected chi connectivity index (χ3v) is 1.87. The number of hydrogen-bond donors (Lipinski definition) is 3. The first-order chi connectivity index (χ1) is 8.25. The third kappa shape index (κ3) is 2.28. The molecule has 0 aliphatic heterocycles. The topological polar surface area (TPSA) is 161 Å². The molecule has 98 valence electrons. The van der Waals surface area contributed by atoms with E-state index < -0.39 is 46.8 Å². The maximum absolute atomic E-state index is 11.5. The fourth-order valence-corrected chi connectivity index (χ4v) is 1.16. The number of aliphatic carboxylic acids is 2. The van der Waals surface area contributed by atoms with Crippen LogP contribution in [0, 0.1) is 0 Å². The number of nitrogens with zero attached hydrogens (tertiary/aromatic N) is 3. The highest BCUT2D eigenvalue weighted by atomic mass is 16.5. The van der Waals surface area contributed by atoms with Crippen molar-refractivity contribution < 1.29 is 25.0 Å². The van der Waals surface area contributed by atoms with Gasteiger partial charge in [-0.3, -0.25) is 9.59 Å². The Kier molecular flexibility index (Phi) is 3.35. The van der Waals surface area contributed by atoms with Crippen LogP contribution >= 0.6 is 0 Å². The Labute approximate surface area is 96.3 Å². The molecule has 11 nitrogen and oxygen atoms in total. The summed E-state index contributed by atoms with van der Waals surface area (Å²) in [5.41, 5.74) is -4.55. The summed E-state index contributed by atoms with van der Waals surface area (Å²) in [4.78, 5) is 54.8. The van der Waals surface area contributed by atoms with E-state index >= 15 is 0 Å². The van der Waals surface area contributed by atoms with Crippen molar-refractivity contribution in [3.05, 3.63) is 31.5 Å². The van der Waals surface area contributed by atoms with Crippen LogP contribution in [0.4, 0.5) is 0 Å². The fourth-order valence-electron chi connectivity index (χ4n) is 1.16. The van der Waals surface area contributed by atoms with Crippen molar-refractivity contribution >= 4 is 11.9 Å². The van der Waals surface area contributed by atoms with E-state index in [1.807, 2.05) is 0 Å². The van der Waals surface area contributed by atoms with E-state index in [-0.39, 0.29) is 9.13 Å². The maximum atomic E-state index is 11.5. The molecule has 1 rings (SSSR count). The molecule has 1 heterocycles. The molecule has 0 bridgehead atoms. The van der Waals surface area contributed by atoms with Gasteiger partial charge in [0, 0.05) is 0 Å². The first-order valence-electron chi connectivity index (χ1n) is 4.35. The molecule has 0 radical (unpaired) electrons. The van der Waals surface area contributed by atoms with Crippen molar-refractivity contribution in [2.24, 2.45) is 0 Å². The molecular weight excluding hydrogens is 254 g/mol. The minimum atomic E-state index is -1.57. The van der Waals surface area contributed by atoms with Crippen LogP contribution in [-0.4, -0.2) is 41.2 Å². The maximum Gasteiger partial charge on any atom is 0.370 e. The van der Waals surface area contributed by atoms with Gasteiger partial charge in [-0.2, -0.15) is 0 Å². The summed E-state index contributed by atoms with van der Waals surface area (Å²) < 4.78 is -0.493. The summed E-state index contributed by atoms with van der Waals surface area (Å²) >= 11 is 0. The van der Waals surface area contributed by atoms with E-state index in [1.54, 1.807) is 0 Å². The van der Waals surface area contributed by atoms with E-state index in [9.17, 15) is 24.0 Å². The first-order valence-corrected chi connectivity index (χ1v) is 4.35. The first kappa shape index (κ1) is 13.2. The molecule has 0 spiro atoms. The van der Waals surface area contributed by atoms with Gasteiger partial charge in [-0.1, -0.05) is 4.73 Å².